The number of nitrogens with zero attached hydrogens (tertiary/aromatic N) is 6. The number of nitrogens with one attached hydrogen (secondary N) is 1. The maximum absolute atomic E-state index is 12.6. The molecule has 4 heterocycles. The van der Waals surface area contributed by atoms with Gasteiger partial charge in [0.2, 0.25) is 5.91 Å². The fraction of sp³-hybridized carbons (Fsp3) is 0.391. The smallest absolute Gasteiger partial charge is 0.230 e. The van der Waals surface area contributed by atoms with E-state index in [-0.39, 0.29) is 12.3 Å². The van der Waals surface area contributed by atoms with Gasteiger partial charge in [0, 0.05) is 51.5 Å². The second kappa shape index (κ2) is 9.98. The average Bonchev–Trinajstić information content (AvgIpc) is 2.81. The van der Waals surface area contributed by atoms with Gasteiger partial charge in [-0.2, -0.15) is 5.26 Å². The number of hydrogen-bond donors (Lipinski definition) is 1. The van der Waals surface area contributed by atoms with E-state index >= 15 is 0 Å². The first-order valence-electron chi connectivity index (χ1n) is 10.7. The normalized spacial score (nSPS) is 17.0. The van der Waals surface area contributed by atoms with Gasteiger partial charge in [-0.15, -0.1) is 0 Å². The lowest BCUT2D eigenvalue weighted by Gasteiger charge is -2.34. The maximum atomic E-state index is 12.6. The summed E-state index contributed by atoms with van der Waals surface area (Å²) in [5.41, 5.74) is 3.75. The zero-order valence-electron chi connectivity index (χ0n) is 18.1. The molecule has 1 amide bonds. The van der Waals surface area contributed by atoms with Crippen molar-refractivity contribution in [1.82, 2.24) is 19.8 Å². The number of carbonyl (C=O) groups excluding carboxylic acids is 1. The van der Waals surface area contributed by atoms with E-state index in [1.807, 2.05) is 24.3 Å². The highest BCUT2D eigenvalue weighted by Gasteiger charge is 2.18. The Labute approximate surface area is 193 Å². The summed E-state index contributed by atoms with van der Waals surface area (Å²) in [6, 6.07) is 5.69. The molecule has 1 saturated heterocycles. The molecular weight excluding hydrogens is 426 g/mol. The summed E-state index contributed by atoms with van der Waals surface area (Å²) < 4.78 is 0. The monoisotopic (exact) mass is 451 g/mol. The van der Waals surface area contributed by atoms with Crippen LogP contribution in [0.25, 0.3) is 5.57 Å². The third-order valence-corrected chi connectivity index (χ3v) is 6.11. The number of rotatable bonds is 5. The molecule has 2 aromatic heterocycles. The Balaban J connectivity index is 1.36. The molecule has 0 unspecified atom stereocenters. The van der Waals surface area contributed by atoms with Crippen molar-refractivity contribution in [2.24, 2.45) is 0 Å². The van der Waals surface area contributed by atoms with Crippen LogP contribution in [-0.4, -0.2) is 72.0 Å². The summed E-state index contributed by atoms with van der Waals surface area (Å²) in [6.07, 6.45) is 8.52. The van der Waals surface area contributed by atoms with Crippen LogP contribution in [0, 0.1) is 11.5 Å². The number of nitriles is 1. The van der Waals surface area contributed by atoms with E-state index in [4.69, 9.17) is 16.9 Å². The van der Waals surface area contributed by atoms with Crippen LogP contribution in [0.3, 0.4) is 0 Å². The fourth-order valence-electron chi connectivity index (χ4n) is 3.87. The van der Waals surface area contributed by atoms with Gasteiger partial charge >= 0.3 is 0 Å². The van der Waals surface area contributed by atoms with Crippen molar-refractivity contribution in [2.45, 2.75) is 12.8 Å². The molecule has 1 fully saturated rings. The van der Waals surface area contributed by atoms with Crippen LogP contribution in [-0.2, 0) is 11.2 Å². The van der Waals surface area contributed by atoms with Crippen molar-refractivity contribution in [2.75, 3.05) is 56.5 Å². The van der Waals surface area contributed by atoms with Gasteiger partial charge in [-0.1, -0.05) is 23.7 Å². The van der Waals surface area contributed by atoms with Crippen LogP contribution >= 0.6 is 11.6 Å². The molecule has 0 atom stereocenters. The predicted molar refractivity (Wildman–Crippen MR) is 125 cm³/mol. The summed E-state index contributed by atoms with van der Waals surface area (Å²) in [5.74, 6) is 0.340. The van der Waals surface area contributed by atoms with E-state index in [0.717, 1.165) is 55.1 Å². The molecule has 166 valence electrons. The first-order valence-corrected chi connectivity index (χ1v) is 11.1. The number of halogens is 1. The Morgan fingerprint density at radius 3 is 2.66 bits per heavy atom. The average molecular weight is 452 g/mol. The minimum atomic E-state index is -0.153. The van der Waals surface area contributed by atoms with E-state index in [9.17, 15) is 4.79 Å². The SMILES string of the molecule is CN1CCN(c2cc(NC(=O)Cc3ccc(C4=CCN(C#N)CC4)nc3)ncc2Cl)CC1. The van der Waals surface area contributed by atoms with Crippen molar-refractivity contribution in [1.29, 1.82) is 5.26 Å². The molecule has 2 aliphatic rings. The lowest BCUT2D eigenvalue weighted by atomic mass is 10.0. The summed E-state index contributed by atoms with van der Waals surface area (Å²) >= 11 is 6.37. The molecule has 9 heteroatoms. The molecule has 0 radical (unpaired) electrons. The number of amides is 1. The van der Waals surface area contributed by atoms with Gasteiger partial charge < -0.3 is 20.0 Å². The zero-order valence-corrected chi connectivity index (χ0v) is 18.8. The van der Waals surface area contributed by atoms with E-state index in [2.05, 4.69) is 38.3 Å². The van der Waals surface area contributed by atoms with Gasteiger partial charge in [0.05, 0.1) is 29.0 Å². The zero-order chi connectivity index (χ0) is 22.5. The Hall–Kier alpha value is -3.15. The van der Waals surface area contributed by atoms with E-state index in [1.165, 1.54) is 0 Å². The Kier molecular flexibility index (Phi) is 6.88. The van der Waals surface area contributed by atoms with Crippen molar-refractivity contribution in [3.8, 4) is 6.19 Å². The third-order valence-electron chi connectivity index (χ3n) is 5.82. The van der Waals surface area contributed by atoms with E-state index in [1.54, 1.807) is 17.3 Å². The summed E-state index contributed by atoms with van der Waals surface area (Å²) in [4.78, 5) is 27.6. The van der Waals surface area contributed by atoms with Gasteiger partial charge in [0.15, 0.2) is 6.19 Å². The molecule has 0 saturated carbocycles. The number of aromatic nitrogens is 2. The molecule has 2 aromatic rings. The van der Waals surface area contributed by atoms with Crippen LogP contribution in [0.4, 0.5) is 11.5 Å². The number of anilines is 2. The van der Waals surface area contributed by atoms with Crippen LogP contribution < -0.4 is 10.2 Å². The van der Waals surface area contributed by atoms with Crippen LogP contribution in [0.2, 0.25) is 5.02 Å². The number of likely N-dealkylation sites (N-methyl/N-ethyl adjacent to an activating group) is 1. The molecule has 1 N–H and O–H groups in total. The van der Waals surface area contributed by atoms with Gasteiger partial charge in [-0.05, 0) is 30.7 Å². The molecule has 2 aliphatic heterocycles. The van der Waals surface area contributed by atoms with Gasteiger partial charge in [-0.3, -0.25) is 9.78 Å². The molecule has 4 rings (SSSR count). The number of piperazine rings is 1. The van der Waals surface area contributed by atoms with Crippen molar-refractivity contribution in [3.05, 3.63) is 52.9 Å². The predicted octanol–water partition coefficient (Wildman–Crippen LogP) is 2.63. The van der Waals surface area contributed by atoms with E-state index < -0.39 is 0 Å². The summed E-state index contributed by atoms with van der Waals surface area (Å²) in [5, 5.41) is 12.4. The first-order chi connectivity index (χ1) is 15.5. The Bertz CT molecular complexity index is 1040. The van der Waals surface area contributed by atoms with Crippen molar-refractivity contribution < 1.29 is 4.79 Å². The number of carbonyl (C=O) groups is 1. The quantitative estimate of drug-likeness (QED) is 0.699. The second-order valence-electron chi connectivity index (χ2n) is 8.11. The Morgan fingerprint density at radius 1 is 1.19 bits per heavy atom. The van der Waals surface area contributed by atoms with Crippen molar-refractivity contribution >= 4 is 34.6 Å². The number of hydrogen-bond acceptors (Lipinski definition) is 7. The first kappa shape index (κ1) is 22.1. The molecule has 0 spiro atoms. The van der Waals surface area contributed by atoms with Gasteiger partial charge in [0.1, 0.15) is 5.82 Å². The minimum Gasteiger partial charge on any atom is -0.368 e. The maximum Gasteiger partial charge on any atom is 0.230 e. The summed E-state index contributed by atoms with van der Waals surface area (Å²) in [7, 11) is 2.10. The molecule has 8 nitrogen and oxygen atoms in total. The number of pyridine rings is 2. The highest BCUT2D eigenvalue weighted by atomic mass is 35.5. The lowest BCUT2D eigenvalue weighted by molar-refractivity contribution is -0.115. The second-order valence-corrected chi connectivity index (χ2v) is 8.52. The van der Waals surface area contributed by atoms with Gasteiger partial charge in [0.25, 0.3) is 0 Å². The molecule has 0 aromatic carbocycles. The molecule has 32 heavy (non-hydrogen) atoms. The summed E-state index contributed by atoms with van der Waals surface area (Å²) in [6.45, 7) is 5.03. The largest absolute Gasteiger partial charge is 0.368 e. The van der Waals surface area contributed by atoms with Crippen LogP contribution in [0.15, 0.2) is 36.7 Å². The highest BCUT2D eigenvalue weighted by Crippen LogP contribution is 2.28. The highest BCUT2D eigenvalue weighted by molar-refractivity contribution is 6.33. The molecular formula is C23H26ClN7O. The topological polar surface area (TPSA) is 88.4 Å². The van der Waals surface area contributed by atoms with Crippen LogP contribution in [0.1, 0.15) is 17.7 Å². The van der Waals surface area contributed by atoms with Gasteiger partial charge in [-0.25, -0.2) is 4.98 Å². The van der Waals surface area contributed by atoms with Crippen LogP contribution in [0.5, 0.6) is 0 Å². The standard InChI is InChI=1S/C23H26ClN7O/c1-29-8-10-31(11-9-29)21-13-22(27-15-19(21)24)28-23(32)12-17-2-3-20(26-14-17)18-4-6-30(16-25)7-5-18/h2-4,13-15H,5-12H2,1H3,(H,27,28,32). The third kappa shape index (κ3) is 5.36. The fourth-order valence-corrected chi connectivity index (χ4v) is 4.09. The van der Waals surface area contributed by atoms with E-state index in [0.29, 0.717) is 23.9 Å². The van der Waals surface area contributed by atoms with Crippen molar-refractivity contribution in [3.63, 3.8) is 0 Å². The molecule has 0 aliphatic carbocycles. The molecule has 0 bridgehead atoms. The lowest BCUT2D eigenvalue weighted by Crippen LogP contribution is -2.44. The minimum absolute atomic E-state index is 0.153. The Morgan fingerprint density at radius 2 is 2.00 bits per heavy atom.